The minimum absolute atomic E-state index is 0.0733. The quantitative estimate of drug-likeness (QED) is 0.832. The van der Waals surface area contributed by atoms with Gasteiger partial charge in [-0.1, -0.05) is 24.3 Å². The Morgan fingerprint density at radius 3 is 2.43 bits per heavy atom. The molecule has 1 aromatic carbocycles. The van der Waals surface area contributed by atoms with E-state index in [1.54, 1.807) is 24.4 Å². The third-order valence-electron chi connectivity index (χ3n) is 3.63. The van der Waals surface area contributed by atoms with Gasteiger partial charge in [-0.25, -0.2) is 0 Å². The van der Waals surface area contributed by atoms with Crippen LogP contribution in [0.2, 0.25) is 0 Å². The second-order valence-corrected chi connectivity index (χ2v) is 4.92. The molecule has 109 valence electrons. The van der Waals surface area contributed by atoms with E-state index in [0.29, 0.717) is 5.56 Å². The molecule has 3 rings (SSSR count). The second kappa shape index (κ2) is 5.39. The lowest BCUT2D eigenvalue weighted by Crippen LogP contribution is -2.25. The molecule has 1 radical (unpaired) electrons. The van der Waals surface area contributed by atoms with Crippen LogP contribution in [0.3, 0.4) is 0 Å². The van der Waals surface area contributed by atoms with Crippen molar-refractivity contribution in [3.05, 3.63) is 65.8 Å². The van der Waals surface area contributed by atoms with Crippen molar-refractivity contribution in [1.82, 2.24) is 4.98 Å². The average Bonchev–Trinajstić information content (AvgIpc) is 2.39. The molecule has 0 amide bonds. The fourth-order valence-corrected chi connectivity index (χ4v) is 2.61. The smallest absolute Gasteiger partial charge is 0.405 e. The van der Waals surface area contributed by atoms with E-state index in [-0.39, 0.29) is 11.7 Å². The van der Waals surface area contributed by atoms with Gasteiger partial charge in [0.1, 0.15) is 5.75 Å². The number of hydrogen-bond donors (Lipinski definition) is 0. The van der Waals surface area contributed by atoms with Gasteiger partial charge in [-0.15, -0.1) is 13.2 Å². The van der Waals surface area contributed by atoms with Crippen molar-refractivity contribution in [2.24, 2.45) is 0 Å². The summed E-state index contributed by atoms with van der Waals surface area (Å²) in [4.78, 5) is 4.30. The Morgan fingerprint density at radius 2 is 1.81 bits per heavy atom. The number of aromatic nitrogens is 1. The molecule has 2 nitrogen and oxygen atoms in total. The molecule has 1 unspecified atom stereocenters. The first-order valence-electron chi connectivity index (χ1n) is 6.66. The Morgan fingerprint density at radius 1 is 1.05 bits per heavy atom. The van der Waals surface area contributed by atoms with Gasteiger partial charge in [0.15, 0.2) is 0 Å². The number of alkyl halides is 3. The number of ether oxygens (including phenoxy) is 1. The van der Waals surface area contributed by atoms with Crippen molar-refractivity contribution in [3.8, 4) is 5.75 Å². The molecule has 1 atom stereocenters. The summed E-state index contributed by atoms with van der Waals surface area (Å²) in [6.45, 7) is 0. The van der Waals surface area contributed by atoms with E-state index in [4.69, 9.17) is 0 Å². The zero-order valence-electron chi connectivity index (χ0n) is 11.1. The number of nitrogens with zero attached hydrogens (tertiary/aromatic N) is 1. The first kappa shape index (κ1) is 13.9. The summed E-state index contributed by atoms with van der Waals surface area (Å²) < 4.78 is 41.6. The van der Waals surface area contributed by atoms with Crippen LogP contribution in [0, 0.1) is 5.92 Å². The molecule has 0 spiro atoms. The average molecular weight is 292 g/mol. The van der Waals surface area contributed by atoms with Gasteiger partial charge in [0.25, 0.3) is 0 Å². The molecular formula is C16H13F3NO. The van der Waals surface area contributed by atoms with Crippen LogP contribution in [0.4, 0.5) is 13.2 Å². The van der Waals surface area contributed by atoms with Crippen molar-refractivity contribution in [2.75, 3.05) is 0 Å². The Bertz CT molecular complexity index is 612. The van der Waals surface area contributed by atoms with Crippen molar-refractivity contribution in [3.63, 3.8) is 0 Å². The van der Waals surface area contributed by atoms with Crippen LogP contribution in [0.15, 0.2) is 48.7 Å². The maximum absolute atomic E-state index is 12.5. The minimum atomic E-state index is -4.68. The van der Waals surface area contributed by atoms with E-state index in [2.05, 4.69) is 9.72 Å². The summed E-state index contributed by atoms with van der Waals surface area (Å²) in [6, 6.07) is 11.9. The molecule has 0 saturated heterocycles. The maximum atomic E-state index is 12.5. The summed E-state index contributed by atoms with van der Waals surface area (Å²) in [6.07, 6.45) is -1.32. The summed E-state index contributed by atoms with van der Waals surface area (Å²) in [5.41, 5.74) is 1.41. The van der Waals surface area contributed by atoms with Crippen molar-refractivity contribution in [1.29, 1.82) is 0 Å². The van der Waals surface area contributed by atoms with Crippen molar-refractivity contribution < 1.29 is 17.9 Å². The molecule has 5 heteroatoms. The van der Waals surface area contributed by atoms with E-state index in [1.165, 1.54) is 6.07 Å². The number of pyridine rings is 1. The van der Waals surface area contributed by atoms with Crippen LogP contribution in [0.25, 0.3) is 0 Å². The highest BCUT2D eigenvalue weighted by molar-refractivity contribution is 5.49. The van der Waals surface area contributed by atoms with Crippen LogP contribution in [0.5, 0.6) is 5.75 Å². The summed E-state index contributed by atoms with van der Waals surface area (Å²) >= 11 is 0. The number of hydrogen-bond acceptors (Lipinski definition) is 2. The number of para-hydroxylation sites is 1. The van der Waals surface area contributed by atoms with Gasteiger partial charge >= 0.3 is 6.36 Å². The predicted molar refractivity (Wildman–Crippen MR) is 71.7 cm³/mol. The van der Waals surface area contributed by atoms with Gasteiger partial charge < -0.3 is 4.74 Å². The molecule has 2 aromatic rings. The fourth-order valence-electron chi connectivity index (χ4n) is 2.61. The van der Waals surface area contributed by atoms with Crippen LogP contribution >= 0.6 is 0 Å². The Labute approximate surface area is 120 Å². The normalized spacial score (nSPS) is 19.1. The Kier molecular flexibility index (Phi) is 3.57. The third-order valence-corrected chi connectivity index (χ3v) is 3.63. The van der Waals surface area contributed by atoms with Gasteiger partial charge in [-0.3, -0.25) is 4.98 Å². The van der Waals surface area contributed by atoms with Gasteiger partial charge in [0.2, 0.25) is 0 Å². The van der Waals surface area contributed by atoms with E-state index >= 15 is 0 Å². The molecule has 21 heavy (non-hydrogen) atoms. The Balaban J connectivity index is 1.87. The summed E-state index contributed by atoms with van der Waals surface area (Å²) in [7, 11) is 0. The Hall–Kier alpha value is -2.04. The molecule has 0 N–H and O–H groups in total. The summed E-state index contributed by atoms with van der Waals surface area (Å²) in [5, 5.41) is 0. The molecule has 1 aliphatic carbocycles. The van der Waals surface area contributed by atoms with Gasteiger partial charge in [0, 0.05) is 29.3 Å². The lowest BCUT2D eigenvalue weighted by molar-refractivity contribution is -0.274. The standard InChI is InChI=1S/C16H13F3NO/c17-16(18,19)21-15-7-2-1-5-13(15)11-8-9-12(11)14-6-3-4-10-20-14/h1-7,10,12H,8-9H2. The van der Waals surface area contributed by atoms with Crippen LogP contribution in [-0.4, -0.2) is 11.3 Å². The molecule has 0 aliphatic heterocycles. The number of rotatable bonds is 3. The maximum Gasteiger partial charge on any atom is 0.573 e. The summed E-state index contributed by atoms with van der Waals surface area (Å²) in [5.74, 6) is 0.887. The van der Waals surface area contributed by atoms with E-state index in [9.17, 15) is 13.2 Å². The molecule has 1 aliphatic rings. The fraction of sp³-hybridized carbons (Fsp3) is 0.250. The van der Waals surface area contributed by atoms with Crippen molar-refractivity contribution >= 4 is 0 Å². The molecule has 1 fully saturated rings. The van der Waals surface area contributed by atoms with Gasteiger partial charge in [-0.2, -0.15) is 0 Å². The highest BCUT2D eigenvalue weighted by atomic mass is 19.4. The largest absolute Gasteiger partial charge is 0.573 e. The van der Waals surface area contributed by atoms with Gasteiger partial charge in [-0.05, 0) is 31.0 Å². The molecule has 1 heterocycles. The minimum Gasteiger partial charge on any atom is -0.405 e. The first-order chi connectivity index (χ1) is 10.0. The van der Waals surface area contributed by atoms with Crippen molar-refractivity contribution in [2.45, 2.75) is 25.1 Å². The van der Waals surface area contributed by atoms with Crippen LogP contribution in [0.1, 0.15) is 30.0 Å². The van der Waals surface area contributed by atoms with E-state index < -0.39 is 6.36 Å². The van der Waals surface area contributed by atoms with E-state index in [0.717, 1.165) is 24.5 Å². The zero-order chi connectivity index (χ0) is 14.9. The van der Waals surface area contributed by atoms with E-state index in [1.807, 2.05) is 18.2 Å². The SMILES string of the molecule is FC(F)(F)Oc1ccccc1[C]1CCC1c1ccccn1. The van der Waals surface area contributed by atoms with Gasteiger partial charge in [0.05, 0.1) is 0 Å². The second-order valence-electron chi connectivity index (χ2n) is 4.92. The molecule has 1 saturated carbocycles. The zero-order valence-corrected chi connectivity index (χ0v) is 11.1. The van der Waals surface area contributed by atoms with Crippen LogP contribution < -0.4 is 4.74 Å². The molecule has 0 bridgehead atoms. The lowest BCUT2D eigenvalue weighted by Gasteiger charge is -2.36. The highest BCUT2D eigenvalue weighted by Crippen LogP contribution is 2.50. The monoisotopic (exact) mass is 292 g/mol. The molecular weight excluding hydrogens is 279 g/mol. The first-order valence-corrected chi connectivity index (χ1v) is 6.66. The molecule has 1 aromatic heterocycles. The number of benzene rings is 1. The highest BCUT2D eigenvalue weighted by Gasteiger charge is 2.39. The topological polar surface area (TPSA) is 22.1 Å². The lowest BCUT2D eigenvalue weighted by atomic mass is 9.68. The van der Waals surface area contributed by atoms with Crippen LogP contribution in [-0.2, 0) is 0 Å². The predicted octanol–water partition coefficient (Wildman–Crippen LogP) is 4.48. The third kappa shape index (κ3) is 3.01. The number of halogens is 3.